The van der Waals surface area contributed by atoms with Gasteiger partial charge in [0, 0.05) is 10.8 Å². The normalized spacial score (nSPS) is 26.4. The zero-order valence-electron chi connectivity index (χ0n) is 16.6. The fourth-order valence-corrected chi connectivity index (χ4v) is 4.02. The highest BCUT2D eigenvalue weighted by molar-refractivity contribution is 6.37. The minimum absolute atomic E-state index is 0.0217. The van der Waals surface area contributed by atoms with Gasteiger partial charge in [0.1, 0.15) is 40.9 Å². The Bertz CT molecular complexity index is 1190. The highest BCUT2D eigenvalue weighted by atomic mass is 35.5. The summed E-state index contributed by atoms with van der Waals surface area (Å²) in [5, 5.41) is 40.8. The summed E-state index contributed by atoms with van der Waals surface area (Å²) in [4.78, 5) is 12.6. The van der Waals surface area contributed by atoms with Crippen molar-refractivity contribution >= 4 is 33.3 Å². The lowest BCUT2D eigenvalue weighted by Gasteiger charge is -2.39. The molecule has 1 aliphatic heterocycles. The van der Waals surface area contributed by atoms with E-state index >= 15 is 0 Å². The highest BCUT2D eigenvalue weighted by Gasteiger charge is 2.45. The molecule has 0 saturated carbocycles. The van der Waals surface area contributed by atoms with Crippen LogP contribution in [0, 0.1) is 6.92 Å². The topological polar surface area (TPSA) is 139 Å². The molecule has 1 fully saturated rings. The second-order valence-electron chi connectivity index (χ2n) is 7.30. The first kappa shape index (κ1) is 21.8. The molecule has 1 saturated heterocycles. The number of hydrogen-bond donors (Lipinski definition) is 4. The summed E-state index contributed by atoms with van der Waals surface area (Å²) in [6.07, 6.45) is -7.33. The fourth-order valence-electron chi connectivity index (χ4n) is 3.79. The zero-order valence-corrected chi connectivity index (χ0v) is 17.4. The van der Waals surface area contributed by atoms with Crippen LogP contribution in [0.3, 0.4) is 0 Å². The van der Waals surface area contributed by atoms with E-state index in [0.29, 0.717) is 27.5 Å². The third-order valence-corrected chi connectivity index (χ3v) is 5.74. The van der Waals surface area contributed by atoms with Crippen LogP contribution in [0.1, 0.15) is 5.56 Å². The van der Waals surface area contributed by atoms with Gasteiger partial charge in [0.05, 0.1) is 19.1 Å². The smallest absolute Gasteiger partial charge is 0.344 e. The van der Waals surface area contributed by atoms with E-state index in [9.17, 15) is 25.2 Å². The molecule has 3 aromatic rings. The third-order valence-electron chi connectivity index (χ3n) is 5.39. The summed E-state index contributed by atoms with van der Waals surface area (Å²) in [7, 11) is 1.49. The van der Waals surface area contributed by atoms with Crippen molar-refractivity contribution in [3.63, 3.8) is 0 Å². The Morgan fingerprint density at radius 2 is 1.84 bits per heavy atom. The van der Waals surface area contributed by atoms with Crippen molar-refractivity contribution in [2.75, 3.05) is 13.7 Å². The van der Waals surface area contributed by atoms with Gasteiger partial charge < -0.3 is 39.1 Å². The third kappa shape index (κ3) is 3.53. The molecule has 31 heavy (non-hydrogen) atoms. The van der Waals surface area contributed by atoms with Gasteiger partial charge in [-0.15, -0.1) is 0 Å². The van der Waals surface area contributed by atoms with Crippen molar-refractivity contribution in [2.24, 2.45) is 0 Å². The van der Waals surface area contributed by atoms with Crippen LogP contribution in [0.25, 0.3) is 21.7 Å². The maximum absolute atomic E-state index is 12.6. The maximum Gasteiger partial charge on any atom is 0.344 e. The van der Waals surface area contributed by atoms with E-state index in [-0.39, 0.29) is 16.4 Å². The Kier molecular flexibility index (Phi) is 5.82. The van der Waals surface area contributed by atoms with Crippen molar-refractivity contribution in [3.8, 4) is 11.5 Å². The Balaban J connectivity index is 1.85. The van der Waals surface area contributed by atoms with Crippen LogP contribution in [0.5, 0.6) is 11.5 Å². The first-order valence-corrected chi connectivity index (χ1v) is 9.86. The van der Waals surface area contributed by atoms with Crippen molar-refractivity contribution in [1.29, 1.82) is 0 Å². The summed E-state index contributed by atoms with van der Waals surface area (Å²) in [6.45, 7) is 1.15. The number of methoxy groups -OCH3 is 1. The Morgan fingerprint density at radius 3 is 2.52 bits per heavy atom. The summed E-state index contributed by atoms with van der Waals surface area (Å²) in [6, 6.07) is 6.58. The van der Waals surface area contributed by atoms with E-state index in [1.54, 1.807) is 31.2 Å². The molecular formula is C21H21ClO9. The summed E-state index contributed by atoms with van der Waals surface area (Å²) < 4.78 is 21.9. The summed E-state index contributed by atoms with van der Waals surface area (Å²) in [5.74, 6) is 0.491. The van der Waals surface area contributed by atoms with Crippen LogP contribution in [0.2, 0.25) is 5.02 Å². The van der Waals surface area contributed by atoms with Gasteiger partial charge in [-0.25, -0.2) is 4.79 Å². The first-order valence-electron chi connectivity index (χ1n) is 9.48. The van der Waals surface area contributed by atoms with Crippen molar-refractivity contribution in [2.45, 2.75) is 37.6 Å². The fraction of sp³-hybridized carbons (Fsp3) is 0.381. The van der Waals surface area contributed by atoms with E-state index in [1.807, 2.05) is 0 Å². The molecule has 2 aromatic carbocycles. The van der Waals surface area contributed by atoms with Crippen LogP contribution in [0.15, 0.2) is 33.5 Å². The second kappa shape index (κ2) is 8.27. The van der Waals surface area contributed by atoms with Crippen molar-refractivity contribution in [3.05, 3.63) is 45.3 Å². The van der Waals surface area contributed by atoms with Crippen LogP contribution < -0.4 is 15.1 Å². The molecule has 1 aliphatic rings. The van der Waals surface area contributed by atoms with E-state index in [0.717, 1.165) is 0 Å². The molecule has 4 rings (SSSR count). The SMILES string of the molecule is COc1cccc2c(=O)oc3c(Cl)c(O[C@@H]4O[C@H](CO)[C@@H](O)[C@H](O)[C@H]4O)cc(C)c3c12. The number of aliphatic hydroxyl groups excluding tert-OH is 4. The average molecular weight is 453 g/mol. The van der Waals surface area contributed by atoms with Gasteiger partial charge in [-0.2, -0.15) is 0 Å². The molecule has 4 N–H and O–H groups in total. The maximum atomic E-state index is 12.6. The molecule has 0 unspecified atom stereocenters. The standard InChI is InChI=1S/C21H21ClO9/c1-8-6-11(29-21-18(26)17(25)16(24)12(7-23)30-21)15(22)19-13(8)14-9(20(27)31-19)4-3-5-10(14)28-2/h3-6,12,16-18,21,23-26H,7H2,1-2H3/t12-,16-,17+,18-,21-/m1/s1. The minimum Gasteiger partial charge on any atom is -0.496 e. The van der Waals surface area contributed by atoms with Gasteiger partial charge in [0.25, 0.3) is 0 Å². The molecule has 10 heteroatoms. The number of hydrogen-bond acceptors (Lipinski definition) is 9. The lowest BCUT2D eigenvalue weighted by Crippen LogP contribution is -2.60. The Hall–Kier alpha value is -2.40. The molecular weight excluding hydrogens is 432 g/mol. The van der Waals surface area contributed by atoms with E-state index in [1.165, 1.54) is 7.11 Å². The predicted octanol–water partition coefficient (Wildman–Crippen LogP) is 1.10. The van der Waals surface area contributed by atoms with Crippen molar-refractivity contribution in [1.82, 2.24) is 0 Å². The lowest BCUT2D eigenvalue weighted by molar-refractivity contribution is -0.277. The van der Waals surface area contributed by atoms with E-state index in [2.05, 4.69) is 0 Å². The molecule has 0 bridgehead atoms. The summed E-state index contributed by atoms with van der Waals surface area (Å²) in [5.41, 5.74) is 0.0770. The number of aliphatic hydroxyl groups is 4. The van der Waals surface area contributed by atoms with Crippen LogP contribution in [-0.2, 0) is 4.74 Å². The lowest BCUT2D eigenvalue weighted by atomic mass is 9.99. The number of benzene rings is 2. The van der Waals surface area contributed by atoms with E-state index < -0.39 is 42.9 Å². The monoisotopic (exact) mass is 452 g/mol. The van der Waals surface area contributed by atoms with Gasteiger partial charge in [-0.3, -0.25) is 0 Å². The van der Waals surface area contributed by atoms with Gasteiger partial charge in [-0.05, 0) is 30.7 Å². The number of halogens is 1. The number of ether oxygens (including phenoxy) is 3. The zero-order chi connectivity index (χ0) is 22.4. The molecule has 1 aromatic heterocycles. The first-order chi connectivity index (χ1) is 14.8. The molecule has 2 heterocycles. The molecule has 9 nitrogen and oxygen atoms in total. The summed E-state index contributed by atoms with van der Waals surface area (Å²) >= 11 is 6.49. The minimum atomic E-state index is -1.62. The van der Waals surface area contributed by atoms with Gasteiger partial charge in [0.2, 0.25) is 6.29 Å². The van der Waals surface area contributed by atoms with Crippen LogP contribution >= 0.6 is 11.6 Å². The highest BCUT2D eigenvalue weighted by Crippen LogP contribution is 2.41. The molecule has 166 valence electrons. The largest absolute Gasteiger partial charge is 0.496 e. The van der Waals surface area contributed by atoms with Gasteiger partial charge in [-0.1, -0.05) is 17.7 Å². The van der Waals surface area contributed by atoms with E-state index in [4.69, 9.17) is 30.2 Å². The van der Waals surface area contributed by atoms with Gasteiger partial charge >= 0.3 is 5.63 Å². The number of rotatable bonds is 4. The second-order valence-corrected chi connectivity index (χ2v) is 7.68. The molecule has 0 amide bonds. The van der Waals surface area contributed by atoms with Crippen LogP contribution in [0.4, 0.5) is 0 Å². The Labute approximate surface area is 180 Å². The predicted molar refractivity (Wildman–Crippen MR) is 111 cm³/mol. The molecule has 5 atom stereocenters. The van der Waals surface area contributed by atoms with Crippen LogP contribution in [-0.4, -0.2) is 64.8 Å². The van der Waals surface area contributed by atoms with Crippen molar-refractivity contribution < 1.29 is 39.1 Å². The molecule has 0 aliphatic carbocycles. The van der Waals surface area contributed by atoms with Gasteiger partial charge in [0.15, 0.2) is 5.58 Å². The quantitative estimate of drug-likeness (QED) is 0.338. The number of aryl methyl sites for hydroxylation is 1. The molecule has 0 spiro atoms. The average Bonchev–Trinajstić information content (AvgIpc) is 2.76. The molecule has 0 radical (unpaired) electrons. The number of fused-ring (bicyclic) bond motifs is 3. The Morgan fingerprint density at radius 1 is 1.10 bits per heavy atom.